The standard InChI is InChI=1S/C22H23FN2O3S2/c1-4-15(2)29-14-21-20(16-5-11-19(12-6-16)30(3,27)28)13-24-25(22(21)26)18-9-7-17(23)8-10-18/h5-13,15H,4,14H2,1-3H3. The van der Waals surface area contributed by atoms with Gasteiger partial charge in [-0.05, 0) is 48.4 Å². The van der Waals surface area contributed by atoms with Crippen molar-refractivity contribution in [2.24, 2.45) is 0 Å². The predicted molar refractivity (Wildman–Crippen MR) is 119 cm³/mol. The van der Waals surface area contributed by atoms with Crippen LogP contribution in [0.3, 0.4) is 0 Å². The summed E-state index contributed by atoms with van der Waals surface area (Å²) >= 11 is 1.67. The quantitative estimate of drug-likeness (QED) is 0.535. The molecule has 158 valence electrons. The fourth-order valence-electron chi connectivity index (χ4n) is 2.87. The lowest BCUT2D eigenvalue weighted by Gasteiger charge is -2.14. The van der Waals surface area contributed by atoms with E-state index in [-0.39, 0.29) is 16.3 Å². The van der Waals surface area contributed by atoms with Crippen molar-refractivity contribution in [3.8, 4) is 16.8 Å². The first-order chi connectivity index (χ1) is 14.2. The van der Waals surface area contributed by atoms with Crippen LogP contribution in [0.4, 0.5) is 4.39 Å². The Morgan fingerprint density at radius 3 is 2.30 bits per heavy atom. The number of rotatable bonds is 7. The Morgan fingerprint density at radius 2 is 1.73 bits per heavy atom. The highest BCUT2D eigenvalue weighted by molar-refractivity contribution is 7.99. The molecule has 0 fully saturated rings. The molecule has 1 atom stereocenters. The predicted octanol–water partition coefficient (Wildman–Crippen LogP) is 4.47. The monoisotopic (exact) mass is 446 g/mol. The van der Waals surface area contributed by atoms with Crippen LogP contribution in [0.25, 0.3) is 16.8 Å². The van der Waals surface area contributed by atoms with Gasteiger partial charge in [-0.2, -0.15) is 21.5 Å². The third-order valence-corrected chi connectivity index (χ3v) is 7.32. The molecule has 0 aliphatic carbocycles. The minimum Gasteiger partial charge on any atom is -0.267 e. The van der Waals surface area contributed by atoms with Gasteiger partial charge in [0.15, 0.2) is 9.84 Å². The van der Waals surface area contributed by atoms with Gasteiger partial charge in [0, 0.05) is 28.4 Å². The van der Waals surface area contributed by atoms with Gasteiger partial charge >= 0.3 is 0 Å². The van der Waals surface area contributed by atoms with Crippen molar-refractivity contribution in [3.63, 3.8) is 0 Å². The molecule has 0 radical (unpaired) electrons. The average molecular weight is 447 g/mol. The zero-order valence-electron chi connectivity index (χ0n) is 17.0. The van der Waals surface area contributed by atoms with Crippen molar-refractivity contribution >= 4 is 21.6 Å². The highest BCUT2D eigenvalue weighted by Gasteiger charge is 2.16. The van der Waals surface area contributed by atoms with Gasteiger partial charge in [-0.15, -0.1) is 0 Å². The van der Waals surface area contributed by atoms with E-state index in [0.29, 0.717) is 27.8 Å². The van der Waals surface area contributed by atoms with Crippen LogP contribution in [0.5, 0.6) is 0 Å². The number of aromatic nitrogens is 2. The highest BCUT2D eigenvalue weighted by Crippen LogP contribution is 2.27. The molecular weight excluding hydrogens is 423 g/mol. The second kappa shape index (κ2) is 9.14. The van der Waals surface area contributed by atoms with E-state index in [1.807, 2.05) is 0 Å². The van der Waals surface area contributed by atoms with Crippen LogP contribution >= 0.6 is 11.8 Å². The molecule has 30 heavy (non-hydrogen) atoms. The molecule has 0 saturated carbocycles. The van der Waals surface area contributed by atoms with Crippen LogP contribution in [-0.4, -0.2) is 29.7 Å². The Bertz CT molecular complexity index is 1190. The summed E-state index contributed by atoms with van der Waals surface area (Å²) in [6, 6.07) is 12.0. The van der Waals surface area contributed by atoms with Crippen LogP contribution in [0.2, 0.25) is 0 Å². The summed E-state index contributed by atoms with van der Waals surface area (Å²) in [6.07, 6.45) is 3.73. The number of hydrogen-bond acceptors (Lipinski definition) is 5. The minimum atomic E-state index is -3.31. The molecule has 3 aromatic rings. The Balaban J connectivity index is 2.11. The van der Waals surface area contributed by atoms with Crippen molar-refractivity contribution in [1.29, 1.82) is 0 Å². The van der Waals surface area contributed by atoms with Crippen LogP contribution in [-0.2, 0) is 15.6 Å². The maximum absolute atomic E-state index is 13.3. The minimum absolute atomic E-state index is 0.217. The summed E-state index contributed by atoms with van der Waals surface area (Å²) in [5.41, 5.74) is 2.16. The fourth-order valence-corrected chi connectivity index (χ4v) is 4.46. The van der Waals surface area contributed by atoms with Gasteiger partial charge in [-0.3, -0.25) is 4.79 Å². The molecule has 0 aliphatic rings. The van der Waals surface area contributed by atoms with Crippen molar-refractivity contribution in [2.75, 3.05) is 6.26 Å². The number of benzene rings is 2. The molecule has 1 unspecified atom stereocenters. The second-order valence-corrected chi connectivity index (χ2v) is 10.5. The molecule has 5 nitrogen and oxygen atoms in total. The van der Waals surface area contributed by atoms with Crippen LogP contribution < -0.4 is 5.56 Å². The molecule has 0 saturated heterocycles. The summed E-state index contributed by atoms with van der Waals surface area (Å²) in [5, 5.41) is 4.66. The van der Waals surface area contributed by atoms with Gasteiger partial charge in [0.25, 0.3) is 5.56 Å². The number of sulfone groups is 1. The lowest BCUT2D eigenvalue weighted by molar-refractivity contribution is 0.602. The number of nitrogens with zero attached hydrogens (tertiary/aromatic N) is 2. The largest absolute Gasteiger partial charge is 0.276 e. The SMILES string of the molecule is CCC(C)SCc1c(-c2ccc(S(C)(=O)=O)cc2)cnn(-c2ccc(F)cc2)c1=O. The van der Waals surface area contributed by atoms with E-state index in [0.717, 1.165) is 18.2 Å². The van der Waals surface area contributed by atoms with Crippen LogP contribution in [0, 0.1) is 5.82 Å². The second-order valence-electron chi connectivity index (χ2n) is 7.06. The lowest BCUT2D eigenvalue weighted by atomic mass is 10.0. The number of halogens is 1. The zero-order chi connectivity index (χ0) is 21.9. The maximum atomic E-state index is 13.3. The van der Waals surface area contributed by atoms with Crippen LogP contribution in [0.1, 0.15) is 25.8 Å². The molecule has 0 aliphatic heterocycles. The molecule has 1 heterocycles. The molecular formula is C22H23FN2O3S2. The number of thioether (sulfide) groups is 1. The molecule has 0 spiro atoms. The van der Waals surface area contributed by atoms with Crippen molar-refractivity contribution in [1.82, 2.24) is 9.78 Å². The first-order valence-electron chi connectivity index (χ1n) is 9.50. The van der Waals surface area contributed by atoms with Gasteiger partial charge in [0.1, 0.15) is 5.82 Å². The van der Waals surface area contributed by atoms with E-state index in [1.54, 1.807) is 30.1 Å². The Labute approximate surface area is 179 Å². The van der Waals surface area contributed by atoms with Gasteiger partial charge in [-0.1, -0.05) is 26.0 Å². The van der Waals surface area contributed by atoms with E-state index >= 15 is 0 Å². The summed E-state index contributed by atoms with van der Waals surface area (Å²) < 4.78 is 38.0. The Hall–Kier alpha value is -2.45. The summed E-state index contributed by atoms with van der Waals surface area (Å²) in [6.45, 7) is 4.19. The van der Waals surface area contributed by atoms with E-state index in [9.17, 15) is 17.6 Å². The van der Waals surface area contributed by atoms with E-state index in [4.69, 9.17) is 0 Å². The molecule has 2 aromatic carbocycles. The molecule has 8 heteroatoms. The molecule has 3 rings (SSSR count). The summed E-state index contributed by atoms with van der Waals surface area (Å²) in [7, 11) is -3.31. The molecule has 1 aromatic heterocycles. The smallest absolute Gasteiger partial charge is 0.267 e. The van der Waals surface area contributed by atoms with E-state index in [2.05, 4.69) is 18.9 Å². The van der Waals surface area contributed by atoms with Crippen molar-refractivity contribution in [2.45, 2.75) is 36.2 Å². The van der Waals surface area contributed by atoms with Crippen LogP contribution in [0.15, 0.2) is 64.4 Å². The van der Waals surface area contributed by atoms with Gasteiger partial charge in [0.2, 0.25) is 0 Å². The molecule has 0 amide bonds. The molecule has 0 N–H and O–H groups in total. The lowest BCUT2D eigenvalue weighted by Crippen LogP contribution is -2.25. The van der Waals surface area contributed by atoms with E-state index in [1.165, 1.54) is 41.1 Å². The zero-order valence-corrected chi connectivity index (χ0v) is 18.6. The summed E-state index contributed by atoms with van der Waals surface area (Å²) in [5.74, 6) is 0.0997. The first-order valence-corrected chi connectivity index (χ1v) is 12.4. The van der Waals surface area contributed by atoms with Crippen molar-refractivity contribution < 1.29 is 12.8 Å². The first kappa shape index (κ1) is 22.2. The third kappa shape index (κ3) is 4.99. The average Bonchev–Trinajstić information content (AvgIpc) is 2.72. The van der Waals surface area contributed by atoms with E-state index < -0.39 is 9.84 Å². The van der Waals surface area contributed by atoms with Gasteiger partial charge in [0.05, 0.1) is 16.8 Å². The molecule has 0 bridgehead atoms. The Kier molecular flexibility index (Phi) is 6.77. The normalized spacial score (nSPS) is 12.7. The highest BCUT2D eigenvalue weighted by atomic mass is 32.2. The topological polar surface area (TPSA) is 69.0 Å². The van der Waals surface area contributed by atoms with Crippen molar-refractivity contribution in [3.05, 3.63) is 76.5 Å². The third-order valence-electron chi connectivity index (χ3n) is 4.83. The fraction of sp³-hybridized carbons (Fsp3) is 0.273. The maximum Gasteiger partial charge on any atom is 0.276 e. The summed E-state index contributed by atoms with van der Waals surface area (Å²) in [4.78, 5) is 13.5. The Morgan fingerprint density at radius 1 is 1.10 bits per heavy atom. The van der Waals surface area contributed by atoms with Gasteiger partial charge in [-0.25, -0.2) is 12.8 Å². The van der Waals surface area contributed by atoms with Gasteiger partial charge < -0.3 is 0 Å². The number of hydrogen-bond donors (Lipinski definition) is 0.